The van der Waals surface area contributed by atoms with Crippen LogP contribution in [-0.4, -0.2) is 21.2 Å². The van der Waals surface area contributed by atoms with Gasteiger partial charge in [0.05, 0.1) is 11.9 Å². The van der Waals surface area contributed by atoms with Crippen LogP contribution < -0.4 is 4.74 Å². The van der Waals surface area contributed by atoms with Crippen LogP contribution in [-0.2, 0) is 0 Å². The van der Waals surface area contributed by atoms with Crippen LogP contribution in [0.4, 0.5) is 4.79 Å². The average molecular weight is 292 g/mol. The molecule has 3 aromatic rings. The van der Waals surface area contributed by atoms with Gasteiger partial charge in [0.1, 0.15) is 5.69 Å². The fourth-order valence-electron chi connectivity index (χ4n) is 2.12. The summed E-state index contributed by atoms with van der Waals surface area (Å²) in [5.41, 5.74) is 2.98. The monoisotopic (exact) mass is 292 g/mol. The predicted octanol–water partition coefficient (Wildman–Crippen LogP) is 3.87. The van der Waals surface area contributed by atoms with Gasteiger partial charge in [-0.2, -0.15) is 0 Å². The number of carboxylic acid groups (broad SMARTS) is 1. The quantitative estimate of drug-likeness (QED) is 0.742. The van der Waals surface area contributed by atoms with Crippen molar-refractivity contribution >= 4 is 6.16 Å². The van der Waals surface area contributed by atoms with Crippen molar-refractivity contribution in [2.24, 2.45) is 0 Å². The number of aromatic nitrogens is 2. The van der Waals surface area contributed by atoms with Crippen LogP contribution in [0.25, 0.3) is 22.5 Å². The van der Waals surface area contributed by atoms with Crippen molar-refractivity contribution in [2.45, 2.75) is 0 Å². The number of hydrogen-bond acceptors (Lipinski definition) is 4. The van der Waals surface area contributed by atoms with E-state index in [1.165, 1.54) is 6.20 Å². The highest BCUT2D eigenvalue weighted by molar-refractivity contribution is 5.78. The van der Waals surface area contributed by atoms with Crippen molar-refractivity contribution in [3.8, 4) is 28.4 Å². The van der Waals surface area contributed by atoms with Crippen LogP contribution >= 0.6 is 0 Å². The van der Waals surface area contributed by atoms with Gasteiger partial charge in [0.15, 0.2) is 0 Å². The molecule has 2 aromatic carbocycles. The number of carbonyl (C=O) groups is 1. The number of hydrogen-bond donors (Lipinski definition) is 1. The second-order valence-corrected chi connectivity index (χ2v) is 4.51. The topological polar surface area (TPSA) is 72.3 Å². The zero-order valence-corrected chi connectivity index (χ0v) is 11.5. The molecule has 0 saturated heterocycles. The molecule has 1 aromatic heterocycles. The summed E-state index contributed by atoms with van der Waals surface area (Å²) in [7, 11) is 0. The maximum atomic E-state index is 10.7. The highest BCUT2D eigenvalue weighted by atomic mass is 16.7. The first-order chi connectivity index (χ1) is 10.7. The molecule has 0 amide bonds. The van der Waals surface area contributed by atoms with E-state index >= 15 is 0 Å². The molecule has 0 fully saturated rings. The molecule has 0 spiro atoms. The largest absolute Gasteiger partial charge is 0.512 e. The molecular weight excluding hydrogens is 280 g/mol. The van der Waals surface area contributed by atoms with Crippen molar-refractivity contribution in [1.82, 2.24) is 9.97 Å². The lowest BCUT2D eigenvalue weighted by Gasteiger charge is -2.09. The fourth-order valence-corrected chi connectivity index (χ4v) is 2.12. The first-order valence-corrected chi connectivity index (χ1v) is 6.63. The Morgan fingerprint density at radius 1 is 0.864 bits per heavy atom. The summed E-state index contributed by atoms with van der Waals surface area (Å²) in [6, 6.07) is 19.0. The minimum absolute atomic E-state index is 0.0500. The maximum Gasteiger partial charge on any atom is 0.512 e. The third kappa shape index (κ3) is 2.93. The molecule has 0 atom stereocenters. The lowest BCUT2D eigenvalue weighted by atomic mass is 10.0. The Bertz CT molecular complexity index is 790. The molecule has 1 heterocycles. The van der Waals surface area contributed by atoms with Crippen LogP contribution in [0.3, 0.4) is 0 Å². The van der Waals surface area contributed by atoms with Crippen molar-refractivity contribution in [1.29, 1.82) is 0 Å². The average Bonchev–Trinajstić information content (AvgIpc) is 2.56. The molecule has 5 heteroatoms. The van der Waals surface area contributed by atoms with Crippen molar-refractivity contribution in [2.75, 3.05) is 0 Å². The van der Waals surface area contributed by atoms with Crippen molar-refractivity contribution in [3.05, 3.63) is 66.9 Å². The highest BCUT2D eigenvalue weighted by Crippen LogP contribution is 2.29. The summed E-state index contributed by atoms with van der Waals surface area (Å²) in [6.45, 7) is 0. The van der Waals surface area contributed by atoms with Gasteiger partial charge in [-0.3, -0.25) is 0 Å². The Morgan fingerprint density at radius 2 is 1.41 bits per heavy atom. The summed E-state index contributed by atoms with van der Waals surface area (Å²) < 4.78 is 4.61. The molecule has 108 valence electrons. The predicted molar refractivity (Wildman–Crippen MR) is 81.6 cm³/mol. The van der Waals surface area contributed by atoms with E-state index in [9.17, 15) is 4.79 Å². The Hall–Kier alpha value is -3.21. The Balaban J connectivity index is 2.15. The Kier molecular flexibility index (Phi) is 3.78. The van der Waals surface area contributed by atoms with E-state index in [0.717, 1.165) is 11.1 Å². The number of benzene rings is 2. The second-order valence-electron chi connectivity index (χ2n) is 4.51. The molecule has 0 radical (unpaired) electrons. The first kappa shape index (κ1) is 13.8. The van der Waals surface area contributed by atoms with Gasteiger partial charge < -0.3 is 9.84 Å². The Morgan fingerprint density at radius 3 is 1.95 bits per heavy atom. The zero-order chi connectivity index (χ0) is 15.4. The molecule has 0 saturated carbocycles. The van der Waals surface area contributed by atoms with E-state index in [2.05, 4.69) is 14.7 Å². The second kappa shape index (κ2) is 6.05. The number of nitrogens with zero attached hydrogens (tertiary/aromatic N) is 2. The van der Waals surface area contributed by atoms with Gasteiger partial charge in [-0.05, 0) is 0 Å². The third-order valence-electron chi connectivity index (χ3n) is 3.04. The summed E-state index contributed by atoms with van der Waals surface area (Å²) in [5, 5.41) is 8.72. The van der Waals surface area contributed by atoms with Gasteiger partial charge in [0.25, 0.3) is 0 Å². The van der Waals surface area contributed by atoms with Crippen LogP contribution in [0.2, 0.25) is 0 Å². The molecule has 22 heavy (non-hydrogen) atoms. The van der Waals surface area contributed by atoms with E-state index in [1.807, 2.05) is 60.7 Å². The minimum Gasteiger partial charge on any atom is -0.449 e. The first-order valence-electron chi connectivity index (χ1n) is 6.63. The van der Waals surface area contributed by atoms with Gasteiger partial charge in [-0.15, -0.1) is 0 Å². The van der Waals surface area contributed by atoms with Crippen LogP contribution in [0.1, 0.15) is 0 Å². The van der Waals surface area contributed by atoms with E-state index in [4.69, 9.17) is 5.11 Å². The molecule has 0 aliphatic heterocycles. The molecule has 0 unspecified atom stereocenters. The number of rotatable bonds is 3. The van der Waals surface area contributed by atoms with Gasteiger partial charge in [-0.25, -0.2) is 14.8 Å². The lowest BCUT2D eigenvalue weighted by molar-refractivity contribution is 0.142. The standard InChI is InChI=1S/C17H12N2O3/c20-17(21)22-14-11-18-15(12-7-3-1-4-8-12)16(19-14)13-9-5-2-6-10-13/h1-11H,(H,20,21). The molecular formula is C17H12N2O3. The summed E-state index contributed by atoms with van der Waals surface area (Å²) in [4.78, 5) is 19.3. The molecule has 0 aliphatic carbocycles. The van der Waals surface area contributed by atoms with Gasteiger partial charge in [0, 0.05) is 11.1 Å². The van der Waals surface area contributed by atoms with E-state index in [0.29, 0.717) is 11.4 Å². The summed E-state index contributed by atoms with van der Waals surface area (Å²) >= 11 is 0. The van der Waals surface area contributed by atoms with Crippen LogP contribution in [0, 0.1) is 0 Å². The van der Waals surface area contributed by atoms with E-state index in [1.54, 1.807) is 0 Å². The molecule has 0 bridgehead atoms. The van der Waals surface area contributed by atoms with Crippen molar-refractivity contribution in [3.63, 3.8) is 0 Å². The molecule has 5 nitrogen and oxygen atoms in total. The maximum absolute atomic E-state index is 10.7. The SMILES string of the molecule is O=C(O)Oc1cnc(-c2ccccc2)c(-c2ccccc2)n1. The summed E-state index contributed by atoms with van der Waals surface area (Å²) in [5.74, 6) is -0.0500. The summed E-state index contributed by atoms with van der Waals surface area (Å²) in [6.07, 6.45) is -0.108. The smallest absolute Gasteiger partial charge is 0.449 e. The van der Waals surface area contributed by atoms with E-state index in [-0.39, 0.29) is 5.88 Å². The van der Waals surface area contributed by atoms with Crippen molar-refractivity contribution < 1.29 is 14.6 Å². The Labute approximate surface area is 126 Å². The molecule has 0 aliphatic rings. The third-order valence-corrected chi connectivity index (χ3v) is 3.04. The fraction of sp³-hybridized carbons (Fsp3) is 0. The number of ether oxygens (including phenoxy) is 1. The van der Waals surface area contributed by atoms with Crippen LogP contribution in [0.5, 0.6) is 5.88 Å². The van der Waals surface area contributed by atoms with Crippen LogP contribution in [0.15, 0.2) is 66.9 Å². The van der Waals surface area contributed by atoms with Gasteiger partial charge in [-0.1, -0.05) is 60.7 Å². The van der Waals surface area contributed by atoms with Gasteiger partial charge in [0.2, 0.25) is 5.88 Å². The zero-order valence-electron chi connectivity index (χ0n) is 11.5. The van der Waals surface area contributed by atoms with Gasteiger partial charge >= 0.3 is 6.16 Å². The molecule has 3 rings (SSSR count). The van der Waals surface area contributed by atoms with E-state index < -0.39 is 6.16 Å². The minimum atomic E-state index is -1.42. The normalized spacial score (nSPS) is 10.2. The lowest BCUT2D eigenvalue weighted by Crippen LogP contribution is -2.06. The highest BCUT2D eigenvalue weighted by Gasteiger charge is 2.13. The molecule has 1 N–H and O–H groups in total.